The third kappa shape index (κ3) is 5.50. The Morgan fingerprint density at radius 1 is 1.27 bits per heavy atom. The fourth-order valence-corrected chi connectivity index (χ4v) is 2.16. The number of rotatable bonds is 7. The molecule has 1 rings (SSSR count). The molecule has 0 bridgehead atoms. The highest BCUT2D eigenvalue weighted by Crippen LogP contribution is 2.13. The molecule has 0 saturated carbocycles. The van der Waals surface area contributed by atoms with Crippen LogP contribution >= 0.6 is 0 Å². The summed E-state index contributed by atoms with van der Waals surface area (Å²) >= 11 is 0. The molecule has 90 valence electrons. The van der Waals surface area contributed by atoms with E-state index in [1.165, 1.54) is 32.2 Å². The summed E-state index contributed by atoms with van der Waals surface area (Å²) in [6, 6.07) is 0. The van der Waals surface area contributed by atoms with E-state index in [2.05, 4.69) is 11.8 Å². The van der Waals surface area contributed by atoms with Gasteiger partial charge in [0.25, 0.3) is 0 Å². The Kier molecular flexibility index (Phi) is 6.98. The largest absolute Gasteiger partial charge is 0.396 e. The maximum absolute atomic E-state index is 9.16. The monoisotopic (exact) mass is 215 g/mol. The van der Waals surface area contributed by atoms with Crippen molar-refractivity contribution in [2.45, 2.75) is 32.6 Å². The molecule has 0 aromatic carbocycles. The van der Waals surface area contributed by atoms with Crippen molar-refractivity contribution in [2.24, 2.45) is 5.92 Å². The minimum absolute atomic E-state index is 0.358. The second-order valence-corrected chi connectivity index (χ2v) is 4.43. The zero-order valence-corrected chi connectivity index (χ0v) is 9.95. The van der Waals surface area contributed by atoms with Crippen LogP contribution in [0, 0.1) is 5.92 Å². The van der Waals surface area contributed by atoms with Crippen molar-refractivity contribution in [2.75, 3.05) is 39.5 Å². The van der Waals surface area contributed by atoms with Crippen LogP contribution in [0.25, 0.3) is 0 Å². The van der Waals surface area contributed by atoms with Gasteiger partial charge in [-0.15, -0.1) is 0 Å². The Morgan fingerprint density at radius 2 is 2.00 bits per heavy atom. The van der Waals surface area contributed by atoms with Gasteiger partial charge in [0, 0.05) is 19.7 Å². The third-order valence-electron chi connectivity index (χ3n) is 3.15. The van der Waals surface area contributed by atoms with E-state index in [-0.39, 0.29) is 0 Å². The lowest BCUT2D eigenvalue weighted by Gasteiger charge is -2.27. The van der Waals surface area contributed by atoms with Crippen molar-refractivity contribution < 1.29 is 9.84 Å². The summed E-state index contributed by atoms with van der Waals surface area (Å²) in [6.45, 7) is 7.65. The van der Waals surface area contributed by atoms with Gasteiger partial charge in [0.1, 0.15) is 0 Å². The summed E-state index contributed by atoms with van der Waals surface area (Å²) in [5, 5.41) is 9.16. The molecule has 1 atom stereocenters. The Morgan fingerprint density at radius 3 is 2.60 bits per heavy atom. The molecule has 0 spiro atoms. The van der Waals surface area contributed by atoms with E-state index < -0.39 is 0 Å². The van der Waals surface area contributed by atoms with E-state index in [1.807, 2.05) is 0 Å². The molecular formula is C12H25NO2. The Bertz CT molecular complexity index is 142. The molecule has 0 aliphatic carbocycles. The predicted octanol–water partition coefficient (Wildman–Crippen LogP) is 1.51. The molecule has 15 heavy (non-hydrogen) atoms. The number of hydrogen-bond donors (Lipinski definition) is 1. The van der Waals surface area contributed by atoms with Gasteiger partial charge < -0.3 is 9.84 Å². The summed E-state index contributed by atoms with van der Waals surface area (Å²) < 4.78 is 5.31. The van der Waals surface area contributed by atoms with Crippen LogP contribution in [0.4, 0.5) is 0 Å². The van der Waals surface area contributed by atoms with Crippen LogP contribution in [0.3, 0.4) is 0 Å². The zero-order valence-electron chi connectivity index (χ0n) is 9.95. The second kappa shape index (κ2) is 8.08. The highest BCUT2D eigenvalue weighted by Gasteiger charge is 2.11. The molecule has 0 aromatic heterocycles. The van der Waals surface area contributed by atoms with Crippen molar-refractivity contribution in [3.63, 3.8) is 0 Å². The minimum atomic E-state index is 0.358. The van der Waals surface area contributed by atoms with Gasteiger partial charge >= 0.3 is 0 Å². The van der Waals surface area contributed by atoms with E-state index in [9.17, 15) is 0 Å². The zero-order chi connectivity index (χ0) is 10.9. The van der Waals surface area contributed by atoms with Gasteiger partial charge in [0.15, 0.2) is 0 Å². The van der Waals surface area contributed by atoms with E-state index >= 15 is 0 Å². The summed E-state index contributed by atoms with van der Waals surface area (Å²) in [6.07, 6.45) is 4.73. The summed E-state index contributed by atoms with van der Waals surface area (Å²) in [7, 11) is 0. The van der Waals surface area contributed by atoms with Crippen LogP contribution in [-0.4, -0.2) is 49.5 Å². The number of ether oxygens (including phenoxy) is 1. The normalized spacial score (nSPS) is 20.4. The van der Waals surface area contributed by atoms with Crippen molar-refractivity contribution in [1.29, 1.82) is 0 Å². The molecular weight excluding hydrogens is 190 g/mol. The maximum Gasteiger partial charge on any atom is 0.0594 e. The fraction of sp³-hybridized carbons (Fsp3) is 1.00. The second-order valence-electron chi connectivity index (χ2n) is 4.43. The average Bonchev–Trinajstić information content (AvgIpc) is 2.29. The quantitative estimate of drug-likeness (QED) is 0.698. The molecule has 1 aliphatic heterocycles. The highest BCUT2D eigenvalue weighted by atomic mass is 16.5. The van der Waals surface area contributed by atoms with Crippen molar-refractivity contribution in [3.05, 3.63) is 0 Å². The predicted molar refractivity (Wildman–Crippen MR) is 62.0 cm³/mol. The molecule has 0 amide bonds. The van der Waals surface area contributed by atoms with Gasteiger partial charge in [-0.25, -0.2) is 0 Å². The molecule has 3 heteroatoms. The number of morpholine rings is 1. The number of aliphatic hydroxyl groups excluding tert-OH is 1. The van der Waals surface area contributed by atoms with Gasteiger partial charge in [0.05, 0.1) is 13.2 Å². The lowest BCUT2D eigenvalue weighted by Crippen LogP contribution is -2.37. The molecule has 0 radical (unpaired) electrons. The average molecular weight is 215 g/mol. The van der Waals surface area contributed by atoms with Crippen LogP contribution in [0.1, 0.15) is 32.6 Å². The molecule has 0 aromatic rings. The summed E-state index contributed by atoms with van der Waals surface area (Å²) in [5.41, 5.74) is 0. The molecule has 1 heterocycles. The molecule has 1 N–H and O–H groups in total. The lowest BCUT2D eigenvalue weighted by atomic mass is 9.99. The van der Waals surface area contributed by atoms with Gasteiger partial charge in [-0.1, -0.05) is 13.3 Å². The van der Waals surface area contributed by atoms with Crippen molar-refractivity contribution in [3.8, 4) is 0 Å². The van der Waals surface area contributed by atoms with Crippen LogP contribution in [0.5, 0.6) is 0 Å². The van der Waals surface area contributed by atoms with Gasteiger partial charge in [-0.05, 0) is 31.7 Å². The summed E-state index contributed by atoms with van der Waals surface area (Å²) in [5.74, 6) is 0.524. The molecule has 1 aliphatic rings. The Hall–Kier alpha value is -0.120. The Labute approximate surface area is 93.4 Å². The SMILES string of the molecule is CCC[C@@H](CO)CCCN1CCOCC1. The first-order chi connectivity index (χ1) is 7.36. The smallest absolute Gasteiger partial charge is 0.0594 e. The molecule has 1 saturated heterocycles. The van der Waals surface area contributed by atoms with Gasteiger partial charge in [0.2, 0.25) is 0 Å². The number of hydrogen-bond acceptors (Lipinski definition) is 3. The summed E-state index contributed by atoms with van der Waals surface area (Å²) in [4.78, 5) is 2.46. The van der Waals surface area contributed by atoms with Crippen LogP contribution < -0.4 is 0 Å². The van der Waals surface area contributed by atoms with E-state index in [4.69, 9.17) is 9.84 Å². The first-order valence-corrected chi connectivity index (χ1v) is 6.27. The molecule has 0 unspecified atom stereocenters. The van der Waals surface area contributed by atoms with E-state index in [0.29, 0.717) is 12.5 Å². The topological polar surface area (TPSA) is 32.7 Å². The van der Waals surface area contributed by atoms with Crippen LogP contribution in [-0.2, 0) is 4.74 Å². The van der Waals surface area contributed by atoms with Gasteiger partial charge in [-0.2, -0.15) is 0 Å². The van der Waals surface area contributed by atoms with Crippen LogP contribution in [0.15, 0.2) is 0 Å². The van der Waals surface area contributed by atoms with E-state index in [0.717, 1.165) is 26.3 Å². The number of aliphatic hydroxyl groups is 1. The highest BCUT2D eigenvalue weighted by molar-refractivity contribution is 4.64. The lowest BCUT2D eigenvalue weighted by molar-refractivity contribution is 0.0362. The molecule has 3 nitrogen and oxygen atoms in total. The third-order valence-corrected chi connectivity index (χ3v) is 3.15. The standard InChI is InChI=1S/C12H25NO2/c1-2-4-12(11-14)5-3-6-13-7-9-15-10-8-13/h12,14H,2-11H2,1H3/t12-/m1/s1. The number of nitrogens with zero attached hydrogens (tertiary/aromatic N) is 1. The van der Waals surface area contributed by atoms with Crippen molar-refractivity contribution in [1.82, 2.24) is 4.90 Å². The van der Waals surface area contributed by atoms with E-state index in [1.54, 1.807) is 0 Å². The van der Waals surface area contributed by atoms with Crippen LogP contribution in [0.2, 0.25) is 0 Å². The minimum Gasteiger partial charge on any atom is -0.396 e. The Balaban J connectivity index is 2.03. The first-order valence-electron chi connectivity index (χ1n) is 6.27. The molecule has 1 fully saturated rings. The van der Waals surface area contributed by atoms with Crippen molar-refractivity contribution >= 4 is 0 Å². The van der Waals surface area contributed by atoms with Gasteiger partial charge in [-0.3, -0.25) is 4.90 Å². The fourth-order valence-electron chi connectivity index (χ4n) is 2.16. The maximum atomic E-state index is 9.16. The first kappa shape index (κ1) is 12.9.